The molecule has 0 bridgehead atoms. The van der Waals surface area contributed by atoms with Gasteiger partial charge >= 0.3 is 0 Å². The van der Waals surface area contributed by atoms with Crippen molar-refractivity contribution in [1.29, 1.82) is 0 Å². The Kier molecular flexibility index (Phi) is 6.72. The summed E-state index contributed by atoms with van der Waals surface area (Å²) in [5.74, 6) is 0.502. The smallest absolute Gasteiger partial charge is 0.243 e. The summed E-state index contributed by atoms with van der Waals surface area (Å²) in [7, 11) is -3.97. The second-order valence-electron chi connectivity index (χ2n) is 7.33. The number of fused-ring (bicyclic) bond motifs is 1. The molecule has 8 heteroatoms. The second kappa shape index (κ2) is 9.84. The molecule has 1 heterocycles. The van der Waals surface area contributed by atoms with Crippen molar-refractivity contribution in [2.45, 2.75) is 18.0 Å². The van der Waals surface area contributed by atoms with Crippen molar-refractivity contribution in [1.82, 2.24) is 9.62 Å². The molecule has 1 aliphatic heterocycles. The number of amides is 1. The lowest BCUT2D eigenvalue weighted by atomic mass is 10.2. The van der Waals surface area contributed by atoms with E-state index in [1.54, 1.807) is 6.07 Å². The zero-order valence-corrected chi connectivity index (χ0v) is 18.3. The van der Waals surface area contributed by atoms with E-state index >= 15 is 0 Å². The molecule has 0 fully saturated rings. The summed E-state index contributed by atoms with van der Waals surface area (Å²) in [5.41, 5.74) is 1.72. The molecule has 0 atom stereocenters. The lowest BCUT2D eigenvalue weighted by molar-refractivity contribution is -0.121. The molecule has 0 saturated carbocycles. The number of hydrogen-bond donors (Lipinski definition) is 1. The highest BCUT2D eigenvalue weighted by Crippen LogP contribution is 2.33. The van der Waals surface area contributed by atoms with Gasteiger partial charge in [0.2, 0.25) is 15.9 Å². The fraction of sp³-hybridized carbons (Fsp3) is 0.208. The quantitative estimate of drug-likeness (QED) is 0.568. The lowest BCUT2D eigenvalue weighted by Crippen LogP contribution is -2.40. The highest BCUT2D eigenvalue weighted by molar-refractivity contribution is 7.89. The van der Waals surface area contributed by atoms with Gasteiger partial charge < -0.3 is 14.8 Å². The molecule has 7 nitrogen and oxygen atoms in total. The van der Waals surface area contributed by atoms with Crippen molar-refractivity contribution in [2.24, 2.45) is 0 Å². The Morgan fingerprint density at radius 1 is 0.844 bits per heavy atom. The van der Waals surface area contributed by atoms with E-state index in [-0.39, 0.29) is 23.9 Å². The topological polar surface area (TPSA) is 84.9 Å². The summed E-state index contributed by atoms with van der Waals surface area (Å²) in [6, 6.07) is 23.1. The Labute approximate surface area is 187 Å². The van der Waals surface area contributed by atoms with Crippen molar-refractivity contribution in [2.75, 3.05) is 19.8 Å². The van der Waals surface area contributed by atoms with Crippen LogP contribution in [0.4, 0.5) is 0 Å². The maximum absolute atomic E-state index is 13.5. The van der Waals surface area contributed by atoms with Crippen LogP contribution in [0.25, 0.3) is 0 Å². The third-order valence-electron chi connectivity index (χ3n) is 5.01. The van der Waals surface area contributed by atoms with Gasteiger partial charge in [0.1, 0.15) is 13.2 Å². The molecule has 0 radical (unpaired) electrons. The van der Waals surface area contributed by atoms with E-state index in [0.717, 1.165) is 11.1 Å². The Morgan fingerprint density at radius 2 is 1.47 bits per heavy atom. The Morgan fingerprint density at radius 3 is 2.16 bits per heavy atom. The number of hydrogen-bond acceptors (Lipinski definition) is 5. The molecule has 3 aromatic carbocycles. The molecule has 0 spiro atoms. The van der Waals surface area contributed by atoms with Crippen LogP contribution in [0.15, 0.2) is 83.8 Å². The monoisotopic (exact) mass is 452 g/mol. The molecule has 0 aliphatic carbocycles. The number of carbonyl (C=O) groups excluding carboxylic acids is 1. The minimum atomic E-state index is -3.97. The molecule has 1 aliphatic rings. The first-order valence-electron chi connectivity index (χ1n) is 10.3. The van der Waals surface area contributed by atoms with E-state index in [1.807, 2.05) is 60.7 Å². The van der Waals surface area contributed by atoms with E-state index in [0.29, 0.717) is 31.3 Å². The summed E-state index contributed by atoms with van der Waals surface area (Å²) >= 11 is 0. The van der Waals surface area contributed by atoms with Gasteiger partial charge in [-0.2, -0.15) is 4.31 Å². The van der Waals surface area contributed by atoms with Gasteiger partial charge in [0, 0.05) is 19.2 Å². The van der Waals surface area contributed by atoms with Gasteiger partial charge in [0.15, 0.2) is 11.5 Å². The third-order valence-corrected chi connectivity index (χ3v) is 6.79. The highest BCUT2D eigenvalue weighted by Gasteiger charge is 2.28. The number of sulfonamides is 1. The lowest BCUT2D eigenvalue weighted by Gasteiger charge is -2.24. The third kappa shape index (κ3) is 5.27. The average Bonchev–Trinajstić information content (AvgIpc) is 2.83. The number of benzene rings is 3. The van der Waals surface area contributed by atoms with Gasteiger partial charge in [0.25, 0.3) is 0 Å². The van der Waals surface area contributed by atoms with E-state index in [4.69, 9.17) is 9.47 Å². The van der Waals surface area contributed by atoms with Crippen molar-refractivity contribution >= 4 is 15.9 Å². The first kappa shape index (κ1) is 21.9. The molecule has 166 valence electrons. The first-order chi connectivity index (χ1) is 15.5. The van der Waals surface area contributed by atoms with E-state index < -0.39 is 10.0 Å². The van der Waals surface area contributed by atoms with Crippen LogP contribution in [0.5, 0.6) is 11.5 Å². The molecule has 0 unspecified atom stereocenters. The van der Waals surface area contributed by atoms with Gasteiger partial charge in [-0.25, -0.2) is 8.42 Å². The number of ether oxygens (including phenoxy) is 2. The minimum absolute atomic E-state index is 0.0496. The van der Waals surface area contributed by atoms with Crippen LogP contribution in [0.2, 0.25) is 0 Å². The first-order valence-corrected chi connectivity index (χ1v) is 11.7. The van der Waals surface area contributed by atoms with Gasteiger partial charge in [0.05, 0.1) is 11.4 Å². The van der Waals surface area contributed by atoms with Crippen LogP contribution < -0.4 is 14.8 Å². The van der Waals surface area contributed by atoms with E-state index in [1.165, 1.54) is 16.4 Å². The summed E-state index contributed by atoms with van der Waals surface area (Å²) in [6.07, 6.45) is 0. The van der Waals surface area contributed by atoms with Crippen molar-refractivity contribution in [3.05, 3.63) is 90.0 Å². The maximum Gasteiger partial charge on any atom is 0.243 e. The summed E-state index contributed by atoms with van der Waals surface area (Å²) < 4.78 is 39.2. The molecule has 3 aromatic rings. The van der Waals surface area contributed by atoms with Crippen LogP contribution in [-0.4, -0.2) is 38.4 Å². The highest BCUT2D eigenvalue weighted by atomic mass is 32.2. The fourth-order valence-electron chi connectivity index (χ4n) is 3.36. The standard InChI is InChI=1S/C24H24N2O5S/c27-24(25-16-19-7-3-1-4-8-19)18-26(17-20-9-5-2-6-10-20)32(28,29)21-11-12-22-23(15-21)31-14-13-30-22/h1-12,15H,13-14,16-18H2,(H,25,27). The normalized spacial score (nSPS) is 13.0. The van der Waals surface area contributed by atoms with Crippen LogP contribution >= 0.6 is 0 Å². The largest absolute Gasteiger partial charge is 0.486 e. The molecular formula is C24H24N2O5S. The van der Waals surface area contributed by atoms with Gasteiger partial charge in [-0.05, 0) is 23.3 Å². The fourth-order valence-corrected chi connectivity index (χ4v) is 4.76. The minimum Gasteiger partial charge on any atom is -0.486 e. The Balaban J connectivity index is 1.56. The molecule has 0 saturated heterocycles. The predicted octanol–water partition coefficient (Wildman–Crippen LogP) is 2.97. The van der Waals surface area contributed by atoms with Crippen molar-refractivity contribution < 1.29 is 22.7 Å². The van der Waals surface area contributed by atoms with Crippen LogP contribution in [-0.2, 0) is 27.9 Å². The molecule has 1 N–H and O–H groups in total. The van der Waals surface area contributed by atoms with E-state index in [2.05, 4.69) is 5.32 Å². The molecule has 32 heavy (non-hydrogen) atoms. The van der Waals surface area contributed by atoms with Crippen LogP contribution in [0.3, 0.4) is 0 Å². The summed E-state index contributed by atoms with van der Waals surface area (Å²) in [4.78, 5) is 12.7. The molecular weight excluding hydrogens is 428 g/mol. The zero-order valence-electron chi connectivity index (χ0n) is 17.4. The Hall–Kier alpha value is -3.36. The van der Waals surface area contributed by atoms with Crippen LogP contribution in [0, 0.1) is 0 Å². The Bertz CT molecular complexity index is 1170. The second-order valence-corrected chi connectivity index (χ2v) is 9.26. The van der Waals surface area contributed by atoms with Gasteiger partial charge in [-0.15, -0.1) is 0 Å². The predicted molar refractivity (Wildman–Crippen MR) is 120 cm³/mol. The van der Waals surface area contributed by atoms with Crippen molar-refractivity contribution in [3.8, 4) is 11.5 Å². The average molecular weight is 453 g/mol. The van der Waals surface area contributed by atoms with Gasteiger partial charge in [-0.1, -0.05) is 60.7 Å². The number of rotatable bonds is 8. The van der Waals surface area contributed by atoms with Crippen molar-refractivity contribution in [3.63, 3.8) is 0 Å². The zero-order chi connectivity index (χ0) is 22.4. The molecule has 0 aromatic heterocycles. The molecule has 4 rings (SSSR count). The number of carbonyl (C=O) groups is 1. The number of nitrogens with zero attached hydrogens (tertiary/aromatic N) is 1. The number of nitrogens with one attached hydrogen (secondary N) is 1. The van der Waals surface area contributed by atoms with Crippen LogP contribution in [0.1, 0.15) is 11.1 Å². The molecule has 1 amide bonds. The summed E-state index contributed by atoms with van der Waals surface area (Å²) in [6.45, 7) is 0.852. The van der Waals surface area contributed by atoms with Gasteiger partial charge in [-0.3, -0.25) is 4.79 Å². The SMILES string of the molecule is O=C(CN(Cc1ccccc1)S(=O)(=O)c1ccc2c(c1)OCCO2)NCc1ccccc1. The maximum atomic E-state index is 13.5. The van der Waals surface area contributed by atoms with E-state index in [9.17, 15) is 13.2 Å². The summed E-state index contributed by atoms with van der Waals surface area (Å²) in [5, 5.41) is 2.80.